The van der Waals surface area contributed by atoms with Crippen LogP contribution in [0.3, 0.4) is 0 Å². The number of carbonyl (C=O) groups is 1. The standard InChI is InChI=1S/C21H21F3N4O3/c1-10(13-6-5-7-14(18(13)22)19(23)24)25-20-16-9-28(12(3)21(30)31-4)17(29)8-15(16)11(2)26-27-20/h5-10,12,19H,1-4H3,(H,25,27)/t10-,12?/m1/s1. The van der Waals surface area contributed by atoms with E-state index in [-0.39, 0.29) is 11.4 Å². The molecule has 2 aromatic heterocycles. The summed E-state index contributed by atoms with van der Waals surface area (Å²) in [5.74, 6) is -1.40. The number of pyridine rings is 1. The number of fused-ring (bicyclic) bond motifs is 1. The Kier molecular flexibility index (Phi) is 6.28. The van der Waals surface area contributed by atoms with Crippen LogP contribution in [0.4, 0.5) is 19.0 Å². The minimum absolute atomic E-state index is 0.0320. The van der Waals surface area contributed by atoms with Gasteiger partial charge in [0.15, 0.2) is 5.82 Å². The Hall–Kier alpha value is -3.43. The summed E-state index contributed by atoms with van der Waals surface area (Å²) in [6.07, 6.45) is -1.50. The van der Waals surface area contributed by atoms with Crippen molar-refractivity contribution < 1.29 is 22.7 Å². The number of aromatic nitrogens is 3. The fourth-order valence-corrected chi connectivity index (χ4v) is 3.32. The number of hydrogen-bond donors (Lipinski definition) is 1. The number of rotatable bonds is 6. The van der Waals surface area contributed by atoms with Crippen LogP contribution in [-0.4, -0.2) is 27.8 Å². The van der Waals surface area contributed by atoms with Gasteiger partial charge in [-0.1, -0.05) is 18.2 Å². The van der Waals surface area contributed by atoms with E-state index in [2.05, 4.69) is 15.5 Å². The van der Waals surface area contributed by atoms with E-state index in [1.165, 1.54) is 43.0 Å². The summed E-state index contributed by atoms with van der Waals surface area (Å²) in [6, 6.07) is 3.49. The first kappa shape index (κ1) is 22.3. The summed E-state index contributed by atoms with van der Waals surface area (Å²) >= 11 is 0. The second-order valence-electron chi connectivity index (χ2n) is 7.10. The van der Waals surface area contributed by atoms with Crippen molar-refractivity contribution in [1.29, 1.82) is 0 Å². The Morgan fingerprint density at radius 3 is 2.48 bits per heavy atom. The molecule has 0 aliphatic rings. The molecule has 0 amide bonds. The van der Waals surface area contributed by atoms with Crippen molar-refractivity contribution in [2.75, 3.05) is 12.4 Å². The van der Waals surface area contributed by atoms with E-state index >= 15 is 0 Å². The molecule has 164 valence electrons. The molecule has 0 spiro atoms. The second kappa shape index (κ2) is 8.75. The van der Waals surface area contributed by atoms with Crippen molar-refractivity contribution in [3.05, 3.63) is 63.5 Å². The quantitative estimate of drug-likeness (QED) is 0.589. The Morgan fingerprint density at radius 2 is 1.84 bits per heavy atom. The number of nitrogens with one attached hydrogen (secondary N) is 1. The zero-order valence-corrected chi connectivity index (χ0v) is 17.3. The number of benzene rings is 1. The molecular formula is C21H21F3N4O3. The van der Waals surface area contributed by atoms with Gasteiger partial charge in [-0.3, -0.25) is 4.79 Å². The van der Waals surface area contributed by atoms with Crippen molar-refractivity contribution in [3.63, 3.8) is 0 Å². The van der Waals surface area contributed by atoms with E-state index in [0.29, 0.717) is 16.5 Å². The molecule has 3 aromatic rings. The highest BCUT2D eigenvalue weighted by atomic mass is 19.3. The number of carbonyl (C=O) groups excluding carboxylic acids is 1. The average molecular weight is 434 g/mol. The predicted octanol–water partition coefficient (Wildman–Crippen LogP) is 4.08. The highest BCUT2D eigenvalue weighted by Gasteiger charge is 2.22. The summed E-state index contributed by atoms with van der Waals surface area (Å²) in [5.41, 5.74) is -0.610. The lowest BCUT2D eigenvalue weighted by atomic mass is 10.0. The van der Waals surface area contributed by atoms with Crippen LogP contribution in [0.1, 0.15) is 49.2 Å². The fraction of sp³-hybridized carbons (Fsp3) is 0.333. The fourth-order valence-electron chi connectivity index (χ4n) is 3.32. The SMILES string of the molecule is COC(=O)C(C)n1cc2c(N[C@H](C)c3cccc(C(F)F)c3F)nnc(C)c2cc1=O. The molecule has 0 aliphatic heterocycles. The maximum Gasteiger partial charge on any atom is 0.328 e. The normalized spacial score (nSPS) is 13.3. The molecule has 0 radical (unpaired) electrons. The monoisotopic (exact) mass is 434 g/mol. The van der Waals surface area contributed by atoms with E-state index in [1.807, 2.05) is 0 Å². The molecule has 1 N–H and O–H groups in total. The molecule has 0 saturated heterocycles. The molecule has 0 saturated carbocycles. The molecule has 0 bridgehead atoms. The molecule has 7 nitrogen and oxygen atoms in total. The molecule has 2 heterocycles. The van der Waals surface area contributed by atoms with Crippen molar-refractivity contribution in [1.82, 2.24) is 14.8 Å². The van der Waals surface area contributed by atoms with Crippen LogP contribution in [0.25, 0.3) is 10.8 Å². The Labute approximate surface area is 175 Å². The summed E-state index contributed by atoms with van der Waals surface area (Å²) in [4.78, 5) is 24.4. The van der Waals surface area contributed by atoms with Crippen molar-refractivity contribution in [2.24, 2.45) is 0 Å². The first-order valence-corrected chi connectivity index (χ1v) is 9.45. The number of ether oxygens (including phenoxy) is 1. The van der Waals surface area contributed by atoms with Gasteiger partial charge in [-0.2, -0.15) is 5.10 Å². The van der Waals surface area contributed by atoms with Crippen LogP contribution in [-0.2, 0) is 9.53 Å². The van der Waals surface area contributed by atoms with Gasteiger partial charge in [0.2, 0.25) is 0 Å². The first-order valence-electron chi connectivity index (χ1n) is 9.45. The van der Waals surface area contributed by atoms with Gasteiger partial charge in [0, 0.05) is 28.6 Å². The highest BCUT2D eigenvalue weighted by Crippen LogP contribution is 2.30. The summed E-state index contributed by atoms with van der Waals surface area (Å²) in [6.45, 7) is 4.78. The van der Waals surface area contributed by atoms with E-state index < -0.39 is 41.4 Å². The van der Waals surface area contributed by atoms with Gasteiger partial charge >= 0.3 is 5.97 Å². The number of nitrogens with zero attached hydrogens (tertiary/aromatic N) is 3. The number of esters is 1. The van der Waals surface area contributed by atoms with Crippen molar-refractivity contribution in [3.8, 4) is 0 Å². The summed E-state index contributed by atoms with van der Waals surface area (Å²) < 4.78 is 46.6. The largest absolute Gasteiger partial charge is 0.467 e. The third kappa shape index (κ3) is 4.23. The highest BCUT2D eigenvalue weighted by molar-refractivity contribution is 5.92. The van der Waals surface area contributed by atoms with Crippen LogP contribution >= 0.6 is 0 Å². The molecule has 1 unspecified atom stereocenters. The van der Waals surface area contributed by atoms with Crippen LogP contribution in [0.5, 0.6) is 0 Å². The maximum absolute atomic E-state index is 14.6. The van der Waals surface area contributed by atoms with Gasteiger partial charge in [-0.15, -0.1) is 5.10 Å². The minimum atomic E-state index is -2.94. The minimum Gasteiger partial charge on any atom is -0.467 e. The maximum atomic E-state index is 14.6. The van der Waals surface area contributed by atoms with Crippen LogP contribution in [0, 0.1) is 12.7 Å². The van der Waals surface area contributed by atoms with Crippen molar-refractivity contribution >= 4 is 22.6 Å². The van der Waals surface area contributed by atoms with Gasteiger partial charge in [0.1, 0.15) is 11.9 Å². The second-order valence-corrected chi connectivity index (χ2v) is 7.10. The molecule has 1 aromatic carbocycles. The topological polar surface area (TPSA) is 86.1 Å². The van der Waals surface area contributed by atoms with Gasteiger partial charge < -0.3 is 14.6 Å². The Balaban J connectivity index is 2.09. The van der Waals surface area contributed by atoms with Gasteiger partial charge in [0.25, 0.3) is 12.0 Å². The predicted molar refractivity (Wildman–Crippen MR) is 109 cm³/mol. The molecule has 0 fully saturated rings. The lowest BCUT2D eigenvalue weighted by Gasteiger charge is -2.19. The van der Waals surface area contributed by atoms with Gasteiger partial charge in [-0.05, 0) is 20.8 Å². The number of halogens is 3. The molecular weight excluding hydrogens is 413 g/mol. The Morgan fingerprint density at radius 1 is 1.16 bits per heavy atom. The molecule has 2 atom stereocenters. The number of hydrogen-bond acceptors (Lipinski definition) is 6. The lowest BCUT2D eigenvalue weighted by molar-refractivity contribution is -0.144. The zero-order valence-electron chi connectivity index (χ0n) is 17.3. The zero-order chi connectivity index (χ0) is 22.9. The Bertz CT molecular complexity index is 1200. The van der Waals surface area contributed by atoms with Crippen LogP contribution in [0.2, 0.25) is 0 Å². The number of alkyl halides is 2. The van der Waals surface area contributed by atoms with Crippen molar-refractivity contribution in [2.45, 2.75) is 39.3 Å². The first-order chi connectivity index (χ1) is 14.6. The van der Waals surface area contributed by atoms with Gasteiger partial charge in [-0.25, -0.2) is 18.0 Å². The summed E-state index contributed by atoms with van der Waals surface area (Å²) in [5, 5.41) is 12.0. The smallest absolute Gasteiger partial charge is 0.328 e. The third-order valence-corrected chi connectivity index (χ3v) is 5.10. The van der Waals surface area contributed by atoms with Gasteiger partial charge in [0.05, 0.1) is 24.4 Å². The molecule has 31 heavy (non-hydrogen) atoms. The molecule has 3 rings (SSSR count). The van der Waals surface area contributed by atoms with E-state index in [4.69, 9.17) is 4.74 Å². The van der Waals surface area contributed by atoms with Crippen LogP contribution < -0.4 is 10.9 Å². The number of methoxy groups -OCH3 is 1. The number of aryl methyl sites for hydroxylation is 1. The summed E-state index contributed by atoms with van der Waals surface area (Å²) in [7, 11) is 1.22. The average Bonchev–Trinajstić information content (AvgIpc) is 2.74. The number of anilines is 1. The molecule has 10 heteroatoms. The van der Waals surface area contributed by atoms with Crippen LogP contribution in [0.15, 0.2) is 35.3 Å². The van der Waals surface area contributed by atoms with E-state index in [9.17, 15) is 22.8 Å². The lowest BCUT2D eigenvalue weighted by Crippen LogP contribution is -2.28. The van der Waals surface area contributed by atoms with E-state index in [0.717, 1.165) is 6.07 Å². The van der Waals surface area contributed by atoms with E-state index in [1.54, 1.807) is 13.8 Å². The molecule has 0 aliphatic carbocycles. The third-order valence-electron chi connectivity index (χ3n) is 5.10.